The van der Waals surface area contributed by atoms with Crippen molar-refractivity contribution in [2.75, 3.05) is 20.2 Å². The van der Waals surface area contributed by atoms with Crippen LogP contribution in [0.1, 0.15) is 38.0 Å². The zero-order chi connectivity index (χ0) is 20.4. The van der Waals surface area contributed by atoms with Crippen molar-refractivity contribution in [3.63, 3.8) is 0 Å². The van der Waals surface area contributed by atoms with Gasteiger partial charge in [0.2, 0.25) is 0 Å². The third-order valence-electron chi connectivity index (χ3n) is 4.02. The molecule has 0 aliphatic rings. The summed E-state index contributed by atoms with van der Waals surface area (Å²) < 4.78 is 11.1. The lowest BCUT2D eigenvalue weighted by Crippen LogP contribution is -2.39. The first kappa shape index (κ1) is 21.6. The second kappa shape index (κ2) is 11.2. The van der Waals surface area contributed by atoms with Crippen molar-refractivity contribution in [1.29, 1.82) is 0 Å². The lowest BCUT2D eigenvalue weighted by atomic mass is 10.1. The topological polar surface area (TPSA) is 75.1 Å². The number of aliphatic hydroxyl groups is 1. The number of benzene rings is 2. The van der Waals surface area contributed by atoms with Crippen LogP contribution in [0.15, 0.2) is 53.5 Å². The van der Waals surface area contributed by atoms with E-state index in [4.69, 9.17) is 9.47 Å². The van der Waals surface area contributed by atoms with Crippen LogP contribution in [-0.4, -0.2) is 37.4 Å². The molecule has 0 amide bonds. The van der Waals surface area contributed by atoms with Crippen LogP contribution in [0.25, 0.3) is 0 Å². The fraction of sp³-hybridized carbons (Fsp3) is 0.409. The Bertz CT molecular complexity index is 762. The number of para-hydroxylation sites is 1. The van der Waals surface area contributed by atoms with Crippen LogP contribution < -0.4 is 20.1 Å². The van der Waals surface area contributed by atoms with Gasteiger partial charge in [0.1, 0.15) is 11.5 Å². The van der Waals surface area contributed by atoms with Gasteiger partial charge in [-0.1, -0.05) is 30.3 Å². The molecule has 6 nitrogen and oxygen atoms in total. The van der Waals surface area contributed by atoms with Gasteiger partial charge in [0.25, 0.3) is 0 Å². The molecule has 0 saturated heterocycles. The molecule has 3 N–H and O–H groups in total. The normalized spacial score (nSPS) is 12.6. The van der Waals surface area contributed by atoms with Crippen LogP contribution in [0.4, 0.5) is 0 Å². The van der Waals surface area contributed by atoms with Crippen LogP contribution in [0.5, 0.6) is 11.5 Å². The summed E-state index contributed by atoms with van der Waals surface area (Å²) in [7, 11) is 1.65. The molecule has 0 bridgehead atoms. The molecule has 152 valence electrons. The van der Waals surface area contributed by atoms with Crippen molar-refractivity contribution < 1.29 is 14.6 Å². The van der Waals surface area contributed by atoms with E-state index in [1.54, 1.807) is 7.11 Å². The number of ether oxygens (including phenoxy) is 2. The van der Waals surface area contributed by atoms with Crippen LogP contribution in [-0.2, 0) is 6.54 Å². The highest BCUT2D eigenvalue weighted by Crippen LogP contribution is 2.20. The van der Waals surface area contributed by atoms with Crippen molar-refractivity contribution in [2.24, 2.45) is 4.99 Å². The summed E-state index contributed by atoms with van der Waals surface area (Å²) in [6, 6.07) is 15.3. The summed E-state index contributed by atoms with van der Waals surface area (Å²) in [4.78, 5) is 4.59. The molecule has 1 atom stereocenters. The Labute approximate surface area is 167 Å². The van der Waals surface area contributed by atoms with Crippen molar-refractivity contribution in [3.05, 3.63) is 59.7 Å². The molecule has 0 saturated carbocycles. The molecular formula is C22H31N3O3. The number of hydrogen-bond donors (Lipinski definition) is 3. The molecule has 0 aliphatic heterocycles. The highest BCUT2D eigenvalue weighted by atomic mass is 16.5. The minimum absolute atomic E-state index is 0.0907. The Hall–Kier alpha value is -2.73. The number of hydrogen-bond acceptors (Lipinski definition) is 4. The third kappa shape index (κ3) is 6.78. The fourth-order valence-corrected chi connectivity index (χ4v) is 2.72. The molecule has 2 rings (SSSR count). The van der Waals surface area contributed by atoms with E-state index in [-0.39, 0.29) is 6.10 Å². The molecule has 0 heterocycles. The van der Waals surface area contributed by atoms with Gasteiger partial charge in [0.15, 0.2) is 5.96 Å². The first-order valence-electron chi connectivity index (χ1n) is 9.62. The van der Waals surface area contributed by atoms with E-state index in [1.807, 2.05) is 69.3 Å². The summed E-state index contributed by atoms with van der Waals surface area (Å²) in [6.07, 6.45) is -0.584. The minimum atomic E-state index is -0.675. The van der Waals surface area contributed by atoms with Gasteiger partial charge in [-0.15, -0.1) is 0 Å². The van der Waals surface area contributed by atoms with E-state index in [9.17, 15) is 5.11 Å². The van der Waals surface area contributed by atoms with Crippen LogP contribution >= 0.6 is 0 Å². The highest BCUT2D eigenvalue weighted by molar-refractivity contribution is 5.79. The van der Waals surface area contributed by atoms with Crippen molar-refractivity contribution in [2.45, 2.75) is 39.5 Å². The SMILES string of the molecule is CCNC(=NCc1ccccc1OC)NCC(O)c1cccc(OC(C)C)c1. The van der Waals surface area contributed by atoms with E-state index in [1.165, 1.54) is 0 Å². The molecule has 0 radical (unpaired) electrons. The van der Waals surface area contributed by atoms with Gasteiger partial charge >= 0.3 is 0 Å². The number of aliphatic hydroxyl groups excluding tert-OH is 1. The van der Waals surface area contributed by atoms with E-state index in [2.05, 4.69) is 15.6 Å². The monoisotopic (exact) mass is 385 g/mol. The molecule has 0 aliphatic carbocycles. The smallest absolute Gasteiger partial charge is 0.191 e. The molecule has 1 unspecified atom stereocenters. The molecule has 0 aromatic heterocycles. The van der Waals surface area contributed by atoms with Crippen LogP contribution in [0, 0.1) is 0 Å². The molecule has 0 spiro atoms. The summed E-state index contributed by atoms with van der Waals surface area (Å²) in [6.45, 7) is 7.50. The Balaban J connectivity index is 2.00. The Morgan fingerprint density at radius 1 is 1.11 bits per heavy atom. The van der Waals surface area contributed by atoms with Gasteiger partial charge in [0.05, 0.1) is 25.9 Å². The van der Waals surface area contributed by atoms with Crippen molar-refractivity contribution in [3.8, 4) is 11.5 Å². The number of guanidine groups is 1. The average Bonchev–Trinajstić information content (AvgIpc) is 2.69. The quantitative estimate of drug-likeness (QED) is 0.456. The van der Waals surface area contributed by atoms with Crippen molar-refractivity contribution >= 4 is 5.96 Å². The standard InChI is InChI=1S/C22H31N3O3/c1-5-23-22(24-14-18-9-6-7-12-21(18)27-4)25-15-20(26)17-10-8-11-19(13-17)28-16(2)3/h6-13,16,20,26H,5,14-15H2,1-4H3,(H2,23,24,25). The second-order valence-electron chi connectivity index (χ2n) is 6.64. The van der Waals surface area contributed by atoms with Gasteiger partial charge in [0, 0.05) is 18.7 Å². The largest absolute Gasteiger partial charge is 0.496 e. The summed E-state index contributed by atoms with van der Waals surface area (Å²) >= 11 is 0. The van der Waals surface area contributed by atoms with E-state index in [0.29, 0.717) is 19.0 Å². The number of rotatable bonds is 9. The lowest BCUT2D eigenvalue weighted by Gasteiger charge is -2.17. The predicted octanol–water partition coefficient (Wildman–Crippen LogP) is 3.27. The lowest BCUT2D eigenvalue weighted by molar-refractivity contribution is 0.179. The van der Waals surface area contributed by atoms with Gasteiger partial charge in [-0.25, -0.2) is 4.99 Å². The van der Waals surface area contributed by atoms with Crippen molar-refractivity contribution in [1.82, 2.24) is 10.6 Å². The zero-order valence-electron chi connectivity index (χ0n) is 17.1. The Kier molecular flexibility index (Phi) is 8.62. The molecule has 2 aromatic carbocycles. The summed E-state index contributed by atoms with van der Waals surface area (Å²) in [5.41, 5.74) is 1.80. The van der Waals surface area contributed by atoms with E-state index < -0.39 is 6.10 Å². The summed E-state index contributed by atoms with van der Waals surface area (Å²) in [5, 5.41) is 16.9. The maximum absolute atomic E-state index is 10.5. The molecule has 2 aromatic rings. The first-order valence-corrected chi connectivity index (χ1v) is 9.62. The molecular weight excluding hydrogens is 354 g/mol. The maximum Gasteiger partial charge on any atom is 0.191 e. The molecule has 28 heavy (non-hydrogen) atoms. The zero-order valence-corrected chi connectivity index (χ0v) is 17.1. The number of methoxy groups -OCH3 is 1. The van der Waals surface area contributed by atoms with Gasteiger partial charge in [-0.3, -0.25) is 0 Å². The van der Waals surface area contributed by atoms with E-state index >= 15 is 0 Å². The van der Waals surface area contributed by atoms with E-state index in [0.717, 1.165) is 29.2 Å². The van der Waals surface area contributed by atoms with Crippen LogP contribution in [0.3, 0.4) is 0 Å². The Morgan fingerprint density at radius 2 is 1.89 bits per heavy atom. The molecule has 6 heteroatoms. The minimum Gasteiger partial charge on any atom is -0.496 e. The van der Waals surface area contributed by atoms with Gasteiger partial charge in [-0.05, 0) is 44.5 Å². The number of aliphatic imine (C=N–C) groups is 1. The number of nitrogens with zero attached hydrogens (tertiary/aromatic N) is 1. The highest BCUT2D eigenvalue weighted by Gasteiger charge is 2.10. The van der Waals surface area contributed by atoms with Crippen LogP contribution in [0.2, 0.25) is 0 Å². The third-order valence-corrected chi connectivity index (χ3v) is 4.02. The first-order chi connectivity index (χ1) is 13.5. The van der Waals surface area contributed by atoms with Gasteiger partial charge < -0.3 is 25.2 Å². The summed E-state index contributed by atoms with van der Waals surface area (Å²) in [5.74, 6) is 2.20. The average molecular weight is 386 g/mol. The predicted molar refractivity (Wildman–Crippen MR) is 113 cm³/mol. The Morgan fingerprint density at radius 3 is 2.61 bits per heavy atom. The van der Waals surface area contributed by atoms with Gasteiger partial charge in [-0.2, -0.15) is 0 Å². The maximum atomic E-state index is 10.5. The molecule has 0 fully saturated rings. The number of nitrogens with one attached hydrogen (secondary N) is 2. The second-order valence-corrected chi connectivity index (χ2v) is 6.64. The fourth-order valence-electron chi connectivity index (χ4n) is 2.72.